The van der Waals surface area contributed by atoms with Crippen LogP contribution in [0.2, 0.25) is 0 Å². The van der Waals surface area contributed by atoms with Crippen molar-refractivity contribution in [1.29, 1.82) is 0 Å². The fourth-order valence-corrected chi connectivity index (χ4v) is 1.82. The minimum atomic E-state index is 0.313. The van der Waals surface area contributed by atoms with Gasteiger partial charge in [-0.2, -0.15) is 0 Å². The van der Waals surface area contributed by atoms with E-state index in [0.29, 0.717) is 17.8 Å². The number of phenolic OH excluding ortho intramolecular Hbond substituents is 1. The summed E-state index contributed by atoms with van der Waals surface area (Å²) in [4.78, 5) is 2.20. The van der Waals surface area contributed by atoms with Crippen molar-refractivity contribution in [1.82, 2.24) is 10.2 Å². The van der Waals surface area contributed by atoms with Gasteiger partial charge in [0.05, 0.1) is 0 Å². The molecule has 0 aliphatic carbocycles. The number of benzene rings is 1. The molecular weight excluding hydrogens is 212 g/mol. The summed E-state index contributed by atoms with van der Waals surface area (Å²) in [5.41, 5.74) is 1.21. The maximum Gasteiger partial charge on any atom is 0.115 e. The van der Waals surface area contributed by atoms with Crippen LogP contribution in [0.15, 0.2) is 24.3 Å². The van der Waals surface area contributed by atoms with Crippen molar-refractivity contribution in [3.8, 4) is 5.75 Å². The molecule has 0 aromatic heterocycles. The number of hydrogen-bond donors (Lipinski definition) is 2. The number of nitrogens with one attached hydrogen (secondary N) is 1. The third kappa shape index (κ3) is 5.20. The average Bonchev–Trinajstić information content (AvgIpc) is 2.27. The van der Waals surface area contributed by atoms with E-state index in [-0.39, 0.29) is 0 Å². The van der Waals surface area contributed by atoms with Gasteiger partial charge < -0.3 is 15.3 Å². The van der Waals surface area contributed by atoms with Crippen LogP contribution in [0.4, 0.5) is 0 Å². The second-order valence-electron chi connectivity index (χ2n) is 4.97. The second-order valence-corrected chi connectivity index (χ2v) is 4.97. The maximum absolute atomic E-state index is 9.24. The van der Waals surface area contributed by atoms with Gasteiger partial charge in [-0.25, -0.2) is 0 Å². The minimum Gasteiger partial charge on any atom is -0.508 e. The summed E-state index contributed by atoms with van der Waals surface area (Å²) in [6, 6.07) is 8.20. The van der Waals surface area contributed by atoms with Crippen LogP contribution in [-0.4, -0.2) is 36.7 Å². The molecule has 1 rings (SSSR count). The molecule has 0 bridgehead atoms. The molecule has 0 saturated carbocycles. The molecule has 0 spiro atoms. The third-order valence-corrected chi connectivity index (χ3v) is 2.94. The number of rotatable bonds is 6. The quantitative estimate of drug-likeness (QED) is 0.796. The van der Waals surface area contributed by atoms with Gasteiger partial charge in [0.15, 0.2) is 0 Å². The molecule has 2 unspecified atom stereocenters. The lowest BCUT2D eigenvalue weighted by Gasteiger charge is -2.21. The van der Waals surface area contributed by atoms with Gasteiger partial charge in [0, 0.05) is 12.1 Å². The smallest absolute Gasteiger partial charge is 0.115 e. The summed E-state index contributed by atoms with van der Waals surface area (Å²) in [5.74, 6) is 0.321. The van der Waals surface area contributed by atoms with E-state index in [4.69, 9.17) is 0 Å². The molecule has 3 nitrogen and oxygen atoms in total. The Morgan fingerprint density at radius 2 is 1.76 bits per heavy atom. The van der Waals surface area contributed by atoms with Crippen molar-refractivity contribution in [2.75, 3.05) is 20.6 Å². The molecule has 0 aliphatic rings. The molecule has 0 fully saturated rings. The summed E-state index contributed by atoms with van der Waals surface area (Å²) in [6.07, 6.45) is 1.13. The molecular formula is C14H24N2O. The van der Waals surface area contributed by atoms with E-state index in [9.17, 15) is 5.11 Å². The van der Waals surface area contributed by atoms with Crippen molar-refractivity contribution in [3.05, 3.63) is 29.8 Å². The average molecular weight is 236 g/mol. The molecule has 0 heterocycles. The van der Waals surface area contributed by atoms with E-state index in [0.717, 1.165) is 13.0 Å². The highest BCUT2D eigenvalue weighted by Gasteiger charge is 2.09. The first-order valence-electron chi connectivity index (χ1n) is 6.18. The largest absolute Gasteiger partial charge is 0.508 e. The van der Waals surface area contributed by atoms with Crippen LogP contribution in [0.5, 0.6) is 5.75 Å². The van der Waals surface area contributed by atoms with Gasteiger partial charge in [0.25, 0.3) is 0 Å². The molecule has 96 valence electrons. The molecule has 0 amide bonds. The fraction of sp³-hybridized carbons (Fsp3) is 0.571. The number of aromatic hydroxyl groups is 1. The van der Waals surface area contributed by atoms with Gasteiger partial charge in [-0.1, -0.05) is 12.1 Å². The Labute approximate surface area is 104 Å². The van der Waals surface area contributed by atoms with Crippen LogP contribution >= 0.6 is 0 Å². The molecule has 0 radical (unpaired) electrons. The zero-order valence-electron chi connectivity index (χ0n) is 11.3. The standard InChI is InChI=1S/C14H24N2O/c1-11(9-10-16(3)4)15-12(2)13-5-7-14(17)8-6-13/h5-8,11-12,15,17H,9-10H2,1-4H3. The Hall–Kier alpha value is -1.06. The van der Waals surface area contributed by atoms with Crippen molar-refractivity contribution in [2.45, 2.75) is 32.4 Å². The molecule has 0 saturated heterocycles. The van der Waals surface area contributed by atoms with Crippen molar-refractivity contribution in [3.63, 3.8) is 0 Å². The zero-order valence-corrected chi connectivity index (χ0v) is 11.3. The molecule has 2 atom stereocenters. The SMILES string of the molecule is CC(CCN(C)C)NC(C)c1ccc(O)cc1. The summed E-state index contributed by atoms with van der Waals surface area (Å²) in [6.45, 7) is 5.45. The van der Waals surface area contributed by atoms with Gasteiger partial charge in [-0.05, 0) is 58.6 Å². The molecule has 1 aromatic rings. The predicted molar refractivity (Wildman–Crippen MR) is 72.3 cm³/mol. The summed E-state index contributed by atoms with van der Waals surface area (Å²) < 4.78 is 0. The Bertz CT molecular complexity index is 321. The summed E-state index contributed by atoms with van der Waals surface area (Å²) in [5, 5.41) is 12.8. The topological polar surface area (TPSA) is 35.5 Å². The zero-order chi connectivity index (χ0) is 12.8. The van der Waals surface area contributed by atoms with Crippen LogP contribution in [-0.2, 0) is 0 Å². The van der Waals surface area contributed by atoms with E-state index >= 15 is 0 Å². The van der Waals surface area contributed by atoms with Gasteiger partial charge >= 0.3 is 0 Å². The Morgan fingerprint density at radius 3 is 2.29 bits per heavy atom. The van der Waals surface area contributed by atoms with Crippen LogP contribution in [0.3, 0.4) is 0 Å². The molecule has 2 N–H and O–H groups in total. The Kier molecular flexibility index (Phi) is 5.45. The number of nitrogens with zero attached hydrogens (tertiary/aromatic N) is 1. The van der Waals surface area contributed by atoms with E-state index < -0.39 is 0 Å². The molecule has 17 heavy (non-hydrogen) atoms. The van der Waals surface area contributed by atoms with E-state index in [2.05, 4.69) is 38.2 Å². The molecule has 1 aromatic carbocycles. The lowest BCUT2D eigenvalue weighted by molar-refractivity contribution is 0.354. The first-order valence-corrected chi connectivity index (χ1v) is 6.18. The van der Waals surface area contributed by atoms with E-state index in [1.54, 1.807) is 12.1 Å². The summed E-state index contributed by atoms with van der Waals surface area (Å²) >= 11 is 0. The van der Waals surface area contributed by atoms with Crippen LogP contribution < -0.4 is 5.32 Å². The highest BCUT2D eigenvalue weighted by molar-refractivity contribution is 5.27. The first-order chi connectivity index (χ1) is 7.99. The lowest BCUT2D eigenvalue weighted by atomic mass is 10.1. The normalized spacial score (nSPS) is 14.9. The summed E-state index contributed by atoms with van der Waals surface area (Å²) in [7, 11) is 4.19. The Balaban J connectivity index is 2.42. The first kappa shape index (κ1) is 14.0. The van der Waals surface area contributed by atoms with Gasteiger partial charge in [0.1, 0.15) is 5.75 Å². The highest BCUT2D eigenvalue weighted by Crippen LogP contribution is 2.17. The predicted octanol–water partition coefficient (Wildman–Crippen LogP) is 2.38. The van der Waals surface area contributed by atoms with Gasteiger partial charge in [-0.3, -0.25) is 0 Å². The lowest BCUT2D eigenvalue weighted by Crippen LogP contribution is -2.31. The third-order valence-electron chi connectivity index (χ3n) is 2.94. The van der Waals surface area contributed by atoms with Crippen molar-refractivity contribution in [2.24, 2.45) is 0 Å². The van der Waals surface area contributed by atoms with Crippen LogP contribution in [0, 0.1) is 0 Å². The second kappa shape index (κ2) is 6.62. The number of phenols is 1. The molecule has 0 aliphatic heterocycles. The minimum absolute atomic E-state index is 0.313. The maximum atomic E-state index is 9.24. The van der Waals surface area contributed by atoms with Crippen LogP contribution in [0.25, 0.3) is 0 Å². The van der Waals surface area contributed by atoms with Crippen LogP contribution in [0.1, 0.15) is 31.9 Å². The monoisotopic (exact) mass is 236 g/mol. The van der Waals surface area contributed by atoms with E-state index in [1.165, 1.54) is 5.56 Å². The number of hydrogen-bond acceptors (Lipinski definition) is 3. The van der Waals surface area contributed by atoms with Crippen molar-refractivity contribution < 1.29 is 5.11 Å². The van der Waals surface area contributed by atoms with Gasteiger partial charge in [0.2, 0.25) is 0 Å². The Morgan fingerprint density at radius 1 is 1.18 bits per heavy atom. The van der Waals surface area contributed by atoms with Gasteiger partial charge in [-0.15, -0.1) is 0 Å². The molecule has 3 heteroatoms. The fourth-order valence-electron chi connectivity index (χ4n) is 1.82. The van der Waals surface area contributed by atoms with E-state index in [1.807, 2.05) is 12.1 Å². The van der Waals surface area contributed by atoms with Crippen molar-refractivity contribution >= 4 is 0 Å². The highest BCUT2D eigenvalue weighted by atomic mass is 16.3.